The molecule has 1 unspecified atom stereocenters. The molecule has 1 atom stereocenters. The van der Waals surface area contributed by atoms with E-state index in [1.54, 1.807) is 38.1 Å². The van der Waals surface area contributed by atoms with E-state index in [4.69, 9.17) is 21.2 Å². The second-order valence-corrected chi connectivity index (χ2v) is 5.76. The van der Waals surface area contributed by atoms with Gasteiger partial charge in [0.15, 0.2) is 0 Å². The van der Waals surface area contributed by atoms with Crippen molar-refractivity contribution in [1.29, 1.82) is 0 Å². The molecule has 7 heteroatoms. The Kier molecular flexibility index (Phi) is 5.39. The fourth-order valence-electron chi connectivity index (χ4n) is 2.20. The number of hydrogen-bond donors (Lipinski definition) is 2. The number of carbonyl (C=O) groups excluding carboxylic acids is 1. The van der Waals surface area contributed by atoms with Crippen molar-refractivity contribution >= 4 is 23.5 Å². The van der Waals surface area contributed by atoms with Crippen molar-refractivity contribution in [3.05, 3.63) is 40.6 Å². The molecule has 6 nitrogen and oxygen atoms in total. The molecule has 0 saturated heterocycles. The molecule has 0 aliphatic carbocycles. The standard InChI is InChI=1S/C16H17ClN2O4/c1-9(7-13(20)21)8-18-16(22)14-10(2)23-19-15(14)11-5-3-4-6-12(11)17/h3-6,9H,7-8H2,1-2H3,(H,18,22)(H,20,21). The van der Waals surface area contributed by atoms with Gasteiger partial charge in [-0.15, -0.1) is 0 Å². The van der Waals surface area contributed by atoms with Crippen LogP contribution in [0.3, 0.4) is 0 Å². The van der Waals surface area contributed by atoms with Gasteiger partial charge in [-0.1, -0.05) is 41.9 Å². The molecule has 1 amide bonds. The highest BCUT2D eigenvalue weighted by molar-refractivity contribution is 6.33. The van der Waals surface area contributed by atoms with Gasteiger partial charge in [-0.2, -0.15) is 0 Å². The van der Waals surface area contributed by atoms with Crippen molar-refractivity contribution in [3.63, 3.8) is 0 Å². The number of aryl methyl sites for hydroxylation is 1. The summed E-state index contributed by atoms with van der Waals surface area (Å²) < 4.78 is 5.13. The first-order chi connectivity index (χ1) is 10.9. The van der Waals surface area contributed by atoms with Gasteiger partial charge >= 0.3 is 5.97 Å². The molecule has 1 aromatic carbocycles. The average Bonchev–Trinajstić information content (AvgIpc) is 2.86. The maximum atomic E-state index is 12.4. The van der Waals surface area contributed by atoms with Crippen LogP contribution >= 0.6 is 11.6 Å². The Bertz CT molecular complexity index is 727. The monoisotopic (exact) mass is 336 g/mol. The molecule has 1 heterocycles. The van der Waals surface area contributed by atoms with Gasteiger partial charge in [0.05, 0.1) is 5.02 Å². The van der Waals surface area contributed by atoms with Crippen molar-refractivity contribution in [2.45, 2.75) is 20.3 Å². The zero-order valence-electron chi connectivity index (χ0n) is 12.8. The number of carboxylic acids is 1. The second kappa shape index (κ2) is 7.28. The summed E-state index contributed by atoms with van der Waals surface area (Å²) in [6, 6.07) is 7.04. The van der Waals surface area contributed by atoms with E-state index in [0.717, 1.165) is 0 Å². The number of carbonyl (C=O) groups is 2. The number of halogens is 1. The number of hydrogen-bond acceptors (Lipinski definition) is 4. The number of rotatable bonds is 6. The van der Waals surface area contributed by atoms with Gasteiger partial charge < -0.3 is 14.9 Å². The quantitative estimate of drug-likeness (QED) is 0.845. The van der Waals surface area contributed by atoms with E-state index >= 15 is 0 Å². The van der Waals surface area contributed by atoms with E-state index in [0.29, 0.717) is 27.6 Å². The molecule has 0 aliphatic heterocycles. The number of nitrogens with one attached hydrogen (secondary N) is 1. The lowest BCUT2D eigenvalue weighted by atomic mass is 10.0. The molecule has 0 saturated carbocycles. The Hall–Kier alpha value is -2.34. The highest BCUT2D eigenvalue weighted by atomic mass is 35.5. The minimum Gasteiger partial charge on any atom is -0.481 e. The molecule has 23 heavy (non-hydrogen) atoms. The Balaban J connectivity index is 2.20. The van der Waals surface area contributed by atoms with Crippen LogP contribution in [0, 0.1) is 12.8 Å². The molecule has 0 spiro atoms. The van der Waals surface area contributed by atoms with Gasteiger partial charge in [-0.05, 0) is 18.9 Å². The van der Waals surface area contributed by atoms with Crippen LogP contribution in [0.5, 0.6) is 0 Å². The zero-order chi connectivity index (χ0) is 17.0. The molecule has 2 rings (SSSR count). The van der Waals surface area contributed by atoms with Gasteiger partial charge in [0.2, 0.25) is 0 Å². The molecule has 0 aliphatic rings. The summed E-state index contributed by atoms with van der Waals surface area (Å²) in [7, 11) is 0. The van der Waals surface area contributed by atoms with E-state index < -0.39 is 5.97 Å². The number of aromatic nitrogens is 1. The third-order valence-electron chi connectivity index (χ3n) is 3.35. The highest BCUT2D eigenvalue weighted by Gasteiger charge is 2.23. The van der Waals surface area contributed by atoms with Crippen LogP contribution in [0.1, 0.15) is 29.5 Å². The molecule has 2 aromatic rings. The van der Waals surface area contributed by atoms with Crippen LogP contribution in [0.15, 0.2) is 28.8 Å². The Morgan fingerprint density at radius 3 is 2.74 bits per heavy atom. The highest BCUT2D eigenvalue weighted by Crippen LogP contribution is 2.30. The van der Waals surface area contributed by atoms with Crippen LogP contribution in [0.4, 0.5) is 0 Å². The van der Waals surface area contributed by atoms with Gasteiger partial charge in [-0.3, -0.25) is 9.59 Å². The third kappa shape index (κ3) is 4.10. The van der Waals surface area contributed by atoms with E-state index in [2.05, 4.69) is 10.5 Å². The lowest BCUT2D eigenvalue weighted by Crippen LogP contribution is -2.29. The van der Waals surface area contributed by atoms with Crippen LogP contribution in [0.25, 0.3) is 11.3 Å². The predicted molar refractivity (Wildman–Crippen MR) is 85.4 cm³/mol. The summed E-state index contributed by atoms with van der Waals surface area (Å²) in [6.07, 6.45) is -0.0136. The third-order valence-corrected chi connectivity index (χ3v) is 3.68. The maximum Gasteiger partial charge on any atom is 0.303 e. The minimum absolute atomic E-state index is 0.0136. The molecule has 0 fully saturated rings. The smallest absolute Gasteiger partial charge is 0.303 e. The van der Waals surface area contributed by atoms with Gasteiger partial charge in [0.25, 0.3) is 5.91 Å². The van der Waals surface area contributed by atoms with Gasteiger partial charge in [0.1, 0.15) is 17.0 Å². The fraction of sp³-hybridized carbons (Fsp3) is 0.312. The summed E-state index contributed by atoms with van der Waals surface area (Å²) >= 11 is 6.15. The molecule has 0 bridgehead atoms. The normalized spacial score (nSPS) is 12.0. The number of nitrogens with zero attached hydrogens (tertiary/aromatic N) is 1. The van der Waals surface area contributed by atoms with Crippen molar-refractivity contribution in [2.75, 3.05) is 6.54 Å². The summed E-state index contributed by atoms with van der Waals surface area (Å²) in [6.45, 7) is 3.64. The Morgan fingerprint density at radius 2 is 2.09 bits per heavy atom. The molecule has 122 valence electrons. The zero-order valence-corrected chi connectivity index (χ0v) is 13.6. The van der Waals surface area contributed by atoms with Crippen molar-refractivity contribution in [2.24, 2.45) is 5.92 Å². The molecule has 0 radical (unpaired) electrons. The largest absolute Gasteiger partial charge is 0.481 e. The maximum absolute atomic E-state index is 12.4. The van der Waals surface area contributed by atoms with Crippen LogP contribution in [-0.4, -0.2) is 28.7 Å². The number of benzene rings is 1. The first kappa shape index (κ1) is 17.0. The summed E-state index contributed by atoms with van der Waals surface area (Å²) in [5, 5.41) is 15.9. The molecule has 2 N–H and O–H groups in total. The molecular weight excluding hydrogens is 320 g/mol. The van der Waals surface area contributed by atoms with E-state index in [1.807, 2.05) is 0 Å². The number of amides is 1. The van der Waals surface area contributed by atoms with Crippen LogP contribution < -0.4 is 5.32 Å². The van der Waals surface area contributed by atoms with Crippen molar-refractivity contribution in [3.8, 4) is 11.3 Å². The van der Waals surface area contributed by atoms with Crippen LogP contribution in [-0.2, 0) is 4.79 Å². The van der Waals surface area contributed by atoms with E-state index in [9.17, 15) is 9.59 Å². The number of carboxylic acid groups (broad SMARTS) is 1. The van der Waals surface area contributed by atoms with Gasteiger partial charge in [0, 0.05) is 18.5 Å². The van der Waals surface area contributed by atoms with Crippen LogP contribution in [0.2, 0.25) is 5.02 Å². The predicted octanol–water partition coefficient (Wildman–Crippen LogP) is 3.14. The van der Waals surface area contributed by atoms with Crippen molar-refractivity contribution in [1.82, 2.24) is 10.5 Å². The Labute approximate surface area is 138 Å². The summed E-state index contributed by atoms with van der Waals surface area (Å²) in [5.74, 6) is -1.07. The summed E-state index contributed by atoms with van der Waals surface area (Å²) in [5.41, 5.74) is 1.28. The first-order valence-corrected chi connectivity index (χ1v) is 7.49. The lowest BCUT2D eigenvalue weighted by molar-refractivity contribution is -0.137. The van der Waals surface area contributed by atoms with Crippen molar-refractivity contribution < 1.29 is 19.2 Å². The topological polar surface area (TPSA) is 92.4 Å². The van der Waals surface area contributed by atoms with E-state index in [1.165, 1.54) is 0 Å². The van der Waals surface area contributed by atoms with E-state index in [-0.39, 0.29) is 24.8 Å². The fourth-order valence-corrected chi connectivity index (χ4v) is 2.43. The average molecular weight is 337 g/mol. The SMILES string of the molecule is Cc1onc(-c2ccccc2Cl)c1C(=O)NCC(C)CC(=O)O. The minimum atomic E-state index is -0.898. The second-order valence-electron chi connectivity index (χ2n) is 5.36. The van der Waals surface area contributed by atoms with Gasteiger partial charge in [-0.25, -0.2) is 0 Å². The lowest BCUT2D eigenvalue weighted by Gasteiger charge is -2.10. The first-order valence-electron chi connectivity index (χ1n) is 7.11. The number of aliphatic carboxylic acids is 1. The molecule has 1 aromatic heterocycles. The molecular formula is C16H17ClN2O4. The summed E-state index contributed by atoms with van der Waals surface area (Å²) in [4.78, 5) is 23.1. The Morgan fingerprint density at radius 1 is 1.39 bits per heavy atom.